The third-order valence-corrected chi connectivity index (χ3v) is 4.26. The number of hydrogen-bond acceptors (Lipinski definition) is 1. The number of nitrogens with zero attached hydrogens (tertiary/aromatic N) is 2. The van der Waals surface area contributed by atoms with Crippen LogP contribution in [-0.4, -0.2) is 9.55 Å². The van der Waals surface area contributed by atoms with Crippen LogP contribution in [0.1, 0.15) is 18.1 Å². The Labute approximate surface area is 140 Å². The van der Waals surface area contributed by atoms with Gasteiger partial charge >= 0.3 is 0 Å². The molecule has 5 heteroatoms. The molecule has 3 aromatic rings. The highest BCUT2D eigenvalue weighted by atomic mass is 127. The van der Waals surface area contributed by atoms with Crippen LogP contribution in [0.3, 0.4) is 0 Å². The molecular weight excluding hydrogens is 406 g/mol. The van der Waals surface area contributed by atoms with Gasteiger partial charge < -0.3 is 0 Å². The van der Waals surface area contributed by atoms with Crippen molar-refractivity contribution in [1.82, 2.24) is 9.55 Å². The van der Waals surface area contributed by atoms with Gasteiger partial charge in [-0.1, -0.05) is 23.7 Å². The highest BCUT2D eigenvalue weighted by Gasteiger charge is 2.17. The van der Waals surface area contributed by atoms with Crippen LogP contribution in [0.25, 0.3) is 16.7 Å². The lowest BCUT2D eigenvalue weighted by atomic mass is 10.2. The number of aromatic nitrogens is 2. The third kappa shape index (κ3) is 2.43. The van der Waals surface area contributed by atoms with Gasteiger partial charge in [-0.3, -0.25) is 4.57 Å². The minimum absolute atomic E-state index is 0.198. The third-order valence-electron chi connectivity index (χ3n) is 3.08. The molecule has 1 unspecified atom stereocenters. The van der Waals surface area contributed by atoms with Gasteiger partial charge in [-0.05, 0) is 59.8 Å². The van der Waals surface area contributed by atoms with Crippen LogP contribution >= 0.6 is 45.8 Å². The predicted molar refractivity (Wildman–Crippen MR) is 93.1 cm³/mol. The molecule has 0 aliphatic rings. The number of alkyl halides is 1. The monoisotopic (exact) mass is 416 g/mol. The van der Waals surface area contributed by atoms with Crippen molar-refractivity contribution in [2.45, 2.75) is 12.3 Å². The van der Waals surface area contributed by atoms with Gasteiger partial charge in [0.25, 0.3) is 0 Å². The Balaban J connectivity index is 2.38. The number of hydrogen-bond donors (Lipinski definition) is 0. The number of benzene rings is 2. The van der Waals surface area contributed by atoms with Crippen molar-refractivity contribution in [1.29, 1.82) is 0 Å². The molecule has 0 radical (unpaired) electrons. The van der Waals surface area contributed by atoms with Crippen LogP contribution in [0.15, 0.2) is 42.5 Å². The second-order valence-electron chi connectivity index (χ2n) is 4.51. The lowest BCUT2D eigenvalue weighted by Crippen LogP contribution is -2.02. The van der Waals surface area contributed by atoms with Crippen LogP contribution in [0.5, 0.6) is 0 Å². The fraction of sp³-hybridized carbons (Fsp3) is 0.133. The second-order valence-corrected chi connectivity index (χ2v) is 6.82. The molecule has 2 nitrogen and oxygen atoms in total. The standard InChI is InChI=1S/C15H11Cl2IN2/c1-9(16)15-19-14-12(17)6-3-7-13(14)20(15)11-5-2-4-10(18)8-11/h2-9H,1H3. The molecule has 0 bridgehead atoms. The Bertz CT molecular complexity index is 781. The van der Waals surface area contributed by atoms with Gasteiger partial charge in [0.15, 0.2) is 0 Å². The highest BCUT2D eigenvalue weighted by Crippen LogP contribution is 2.31. The Hall–Kier alpha value is -0.780. The fourth-order valence-corrected chi connectivity index (χ4v) is 3.12. The molecule has 2 aromatic carbocycles. The van der Waals surface area contributed by atoms with Gasteiger partial charge in [0, 0.05) is 9.26 Å². The van der Waals surface area contributed by atoms with E-state index in [1.165, 1.54) is 0 Å². The summed E-state index contributed by atoms with van der Waals surface area (Å²) in [6.07, 6.45) is 0. The molecule has 0 spiro atoms. The van der Waals surface area contributed by atoms with Crippen LogP contribution in [-0.2, 0) is 0 Å². The fourth-order valence-electron chi connectivity index (χ4n) is 2.24. The van der Waals surface area contributed by atoms with Crippen molar-refractivity contribution >= 4 is 56.8 Å². The molecule has 0 aliphatic heterocycles. The average molecular weight is 417 g/mol. The summed E-state index contributed by atoms with van der Waals surface area (Å²) < 4.78 is 3.23. The number of para-hydroxylation sites is 1. The van der Waals surface area contributed by atoms with E-state index in [0.717, 1.165) is 26.1 Å². The van der Waals surface area contributed by atoms with Gasteiger partial charge in [-0.15, -0.1) is 11.6 Å². The van der Waals surface area contributed by atoms with E-state index in [0.29, 0.717) is 5.02 Å². The first-order chi connectivity index (χ1) is 9.58. The zero-order valence-electron chi connectivity index (χ0n) is 10.6. The summed E-state index contributed by atoms with van der Waals surface area (Å²) in [5.74, 6) is 0.803. The summed E-state index contributed by atoms with van der Waals surface area (Å²) in [6, 6.07) is 14.0. The van der Waals surface area contributed by atoms with Crippen molar-refractivity contribution in [2.75, 3.05) is 0 Å². The van der Waals surface area contributed by atoms with E-state index in [9.17, 15) is 0 Å². The first-order valence-electron chi connectivity index (χ1n) is 6.15. The number of halogens is 3. The first-order valence-corrected chi connectivity index (χ1v) is 8.04. The highest BCUT2D eigenvalue weighted by molar-refractivity contribution is 14.1. The summed E-state index contributed by atoms with van der Waals surface area (Å²) in [5, 5.41) is 0.446. The van der Waals surface area contributed by atoms with E-state index in [-0.39, 0.29) is 5.38 Å². The molecule has 0 N–H and O–H groups in total. The lowest BCUT2D eigenvalue weighted by molar-refractivity contribution is 0.882. The molecule has 0 saturated carbocycles. The largest absolute Gasteiger partial charge is 0.295 e. The number of imidazole rings is 1. The average Bonchev–Trinajstić information content (AvgIpc) is 2.80. The van der Waals surface area contributed by atoms with Crippen molar-refractivity contribution in [2.24, 2.45) is 0 Å². The topological polar surface area (TPSA) is 17.8 Å². The maximum Gasteiger partial charge on any atom is 0.132 e. The second kappa shape index (κ2) is 5.54. The first kappa shape index (κ1) is 14.2. The van der Waals surface area contributed by atoms with E-state index in [2.05, 4.69) is 44.3 Å². The summed E-state index contributed by atoms with van der Waals surface area (Å²) in [6.45, 7) is 1.92. The van der Waals surface area contributed by atoms with Crippen LogP contribution in [0.2, 0.25) is 5.02 Å². The van der Waals surface area contributed by atoms with E-state index in [1.54, 1.807) is 0 Å². The molecule has 0 amide bonds. The zero-order chi connectivity index (χ0) is 14.3. The van der Waals surface area contributed by atoms with Crippen molar-refractivity contribution < 1.29 is 0 Å². The van der Waals surface area contributed by atoms with Crippen LogP contribution < -0.4 is 0 Å². The van der Waals surface area contributed by atoms with Gasteiger partial charge in [-0.2, -0.15) is 0 Å². The molecule has 1 heterocycles. The van der Waals surface area contributed by atoms with Crippen molar-refractivity contribution in [3.63, 3.8) is 0 Å². The van der Waals surface area contributed by atoms with E-state index >= 15 is 0 Å². The number of rotatable bonds is 2. The lowest BCUT2D eigenvalue weighted by Gasteiger charge is -2.11. The van der Waals surface area contributed by atoms with Gasteiger partial charge in [0.1, 0.15) is 11.3 Å². The van der Waals surface area contributed by atoms with E-state index in [4.69, 9.17) is 23.2 Å². The molecular formula is C15H11Cl2IN2. The Morgan fingerprint density at radius 3 is 2.65 bits per heavy atom. The molecule has 20 heavy (non-hydrogen) atoms. The Morgan fingerprint density at radius 1 is 1.20 bits per heavy atom. The molecule has 0 aliphatic carbocycles. The molecule has 0 fully saturated rings. The van der Waals surface area contributed by atoms with Crippen molar-refractivity contribution in [3.8, 4) is 5.69 Å². The maximum absolute atomic E-state index is 6.29. The van der Waals surface area contributed by atoms with Gasteiger partial charge in [-0.25, -0.2) is 4.98 Å². The van der Waals surface area contributed by atoms with Crippen LogP contribution in [0, 0.1) is 3.57 Å². The minimum atomic E-state index is -0.198. The van der Waals surface area contributed by atoms with Gasteiger partial charge in [0.05, 0.1) is 15.9 Å². The van der Waals surface area contributed by atoms with Crippen LogP contribution in [0.4, 0.5) is 0 Å². The summed E-state index contributed by atoms with van der Waals surface area (Å²) in [5.41, 5.74) is 2.81. The molecule has 0 saturated heterocycles. The molecule has 3 rings (SSSR count). The summed E-state index contributed by atoms with van der Waals surface area (Å²) in [4.78, 5) is 4.61. The predicted octanol–water partition coefficient (Wildman–Crippen LogP) is 5.58. The molecule has 102 valence electrons. The summed E-state index contributed by atoms with van der Waals surface area (Å²) in [7, 11) is 0. The number of fused-ring (bicyclic) bond motifs is 1. The maximum atomic E-state index is 6.29. The normalized spacial score (nSPS) is 12.8. The molecule has 1 aromatic heterocycles. The molecule has 1 atom stereocenters. The minimum Gasteiger partial charge on any atom is -0.295 e. The smallest absolute Gasteiger partial charge is 0.132 e. The van der Waals surface area contributed by atoms with Gasteiger partial charge in [0.2, 0.25) is 0 Å². The zero-order valence-corrected chi connectivity index (χ0v) is 14.3. The Morgan fingerprint density at radius 2 is 1.95 bits per heavy atom. The van der Waals surface area contributed by atoms with E-state index < -0.39 is 0 Å². The Kier molecular flexibility index (Phi) is 3.93. The summed E-state index contributed by atoms with van der Waals surface area (Å²) >= 11 is 14.8. The van der Waals surface area contributed by atoms with Crippen molar-refractivity contribution in [3.05, 3.63) is 56.9 Å². The van der Waals surface area contributed by atoms with E-state index in [1.807, 2.05) is 37.3 Å². The quantitative estimate of drug-likeness (QED) is 0.393. The SMILES string of the molecule is CC(Cl)c1nc2c(Cl)cccc2n1-c1cccc(I)c1.